The molecule has 0 amide bonds. The molecule has 2 rings (SSSR count). The molecule has 1 aromatic carbocycles. The van der Waals surface area contributed by atoms with Gasteiger partial charge in [0.25, 0.3) is 0 Å². The molecule has 5 heteroatoms. The summed E-state index contributed by atoms with van der Waals surface area (Å²) < 4.78 is 5.21. The van der Waals surface area contributed by atoms with Crippen molar-refractivity contribution < 1.29 is 4.52 Å². The third-order valence-corrected chi connectivity index (χ3v) is 4.23. The molecule has 0 aliphatic heterocycles. The van der Waals surface area contributed by atoms with Crippen LogP contribution in [0, 0.1) is 0 Å². The van der Waals surface area contributed by atoms with E-state index in [2.05, 4.69) is 53.6 Å². The molecular weight excluding hydrogens is 282 g/mol. The van der Waals surface area contributed by atoms with Gasteiger partial charge in [0, 0.05) is 17.4 Å². The molecule has 1 unspecified atom stereocenters. The van der Waals surface area contributed by atoms with Crippen LogP contribution in [0.3, 0.4) is 0 Å². The molecule has 1 N–H and O–H groups in total. The fraction of sp³-hybridized carbons (Fsp3) is 0.500. The molecule has 0 aliphatic carbocycles. The van der Waals surface area contributed by atoms with Gasteiger partial charge in [0.2, 0.25) is 5.89 Å². The second-order valence-electron chi connectivity index (χ2n) is 4.99. The van der Waals surface area contributed by atoms with E-state index in [1.54, 1.807) is 11.8 Å². The lowest BCUT2D eigenvalue weighted by Gasteiger charge is -2.14. The molecule has 1 aromatic heterocycles. The number of aromatic nitrogens is 2. The zero-order valence-corrected chi connectivity index (χ0v) is 13.7. The van der Waals surface area contributed by atoms with Crippen LogP contribution >= 0.6 is 11.8 Å². The number of aryl methyl sites for hydroxylation is 1. The van der Waals surface area contributed by atoms with Crippen LogP contribution in [0.4, 0.5) is 0 Å². The average molecular weight is 305 g/mol. The molecule has 114 valence electrons. The van der Waals surface area contributed by atoms with Crippen LogP contribution in [0.25, 0.3) is 0 Å². The van der Waals surface area contributed by atoms with Gasteiger partial charge in [-0.15, -0.1) is 11.8 Å². The highest BCUT2D eigenvalue weighted by Gasteiger charge is 2.08. The molecule has 0 saturated carbocycles. The molecule has 21 heavy (non-hydrogen) atoms. The van der Waals surface area contributed by atoms with E-state index in [0.717, 1.165) is 25.2 Å². The van der Waals surface area contributed by atoms with Gasteiger partial charge >= 0.3 is 0 Å². The summed E-state index contributed by atoms with van der Waals surface area (Å²) in [6, 6.07) is 9.00. The van der Waals surface area contributed by atoms with Crippen molar-refractivity contribution in [1.29, 1.82) is 0 Å². The van der Waals surface area contributed by atoms with Crippen LogP contribution in [0.2, 0.25) is 0 Å². The van der Waals surface area contributed by atoms with Gasteiger partial charge in [0.1, 0.15) is 0 Å². The molecule has 0 saturated heterocycles. The van der Waals surface area contributed by atoms with Crippen LogP contribution in [0.5, 0.6) is 0 Å². The average Bonchev–Trinajstić information content (AvgIpc) is 2.99. The van der Waals surface area contributed by atoms with Gasteiger partial charge < -0.3 is 9.84 Å². The number of thioether (sulfide) groups is 1. The molecule has 1 atom stereocenters. The third kappa shape index (κ3) is 4.86. The third-order valence-electron chi connectivity index (χ3n) is 3.25. The fourth-order valence-electron chi connectivity index (χ4n) is 1.99. The minimum atomic E-state index is 0.376. The van der Waals surface area contributed by atoms with Crippen LogP contribution in [0.1, 0.15) is 50.5 Å². The predicted octanol–water partition coefficient (Wildman–Crippen LogP) is 3.98. The quantitative estimate of drug-likeness (QED) is 0.747. The normalized spacial score (nSPS) is 12.5. The Morgan fingerprint density at radius 3 is 2.90 bits per heavy atom. The van der Waals surface area contributed by atoms with E-state index in [-0.39, 0.29) is 0 Å². The molecule has 2 aromatic rings. The minimum absolute atomic E-state index is 0.376. The monoisotopic (exact) mass is 305 g/mol. The van der Waals surface area contributed by atoms with E-state index in [0.29, 0.717) is 17.7 Å². The van der Waals surface area contributed by atoms with E-state index in [1.807, 2.05) is 6.92 Å². The summed E-state index contributed by atoms with van der Waals surface area (Å²) in [7, 11) is 0. The van der Waals surface area contributed by atoms with Gasteiger partial charge in [-0.2, -0.15) is 4.98 Å². The highest BCUT2D eigenvalue weighted by Crippen LogP contribution is 2.25. The lowest BCUT2D eigenvalue weighted by atomic mass is 10.1. The van der Waals surface area contributed by atoms with Crippen molar-refractivity contribution >= 4 is 11.8 Å². The molecule has 1 heterocycles. The van der Waals surface area contributed by atoms with Gasteiger partial charge in [-0.05, 0) is 37.6 Å². The summed E-state index contributed by atoms with van der Waals surface area (Å²) in [4.78, 5) is 5.56. The largest absolute Gasteiger partial charge is 0.338 e. The maximum Gasteiger partial charge on any atom is 0.237 e. The Labute approximate surface area is 130 Å². The van der Waals surface area contributed by atoms with Crippen LogP contribution in [0.15, 0.2) is 33.7 Å². The second kappa shape index (κ2) is 8.20. The first kappa shape index (κ1) is 16.0. The first-order valence-corrected chi connectivity index (χ1v) is 8.49. The van der Waals surface area contributed by atoms with Crippen molar-refractivity contribution in [2.45, 2.75) is 50.3 Å². The highest BCUT2D eigenvalue weighted by molar-refractivity contribution is 7.98. The zero-order valence-electron chi connectivity index (χ0n) is 12.9. The lowest BCUT2D eigenvalue weighted by molar-refractivity contribution is 0.385. The first-order valence-electron chi connectivity index (χ1n) is 7.50. The topological polar surface area (TPSA) is 51.0 Å². The number of benzene rings is 1. The summed E-state index contributed by atoms with van der Waals surface area (Å²) in [6.07, 6.45) is 1.96. The van der Waals surface area contributed by atoms with Crippen molar-refractivity contribution in [3.8, 4) is 0 Å². The molecular formula is C16H23N3OS. The standard InChI is InChI=1S/C16H23N3OS/c1-4-9-17-12(3)13-7-6-8-14(10-13)21-11-16-18-15(5-2)19-20-16/h6-8,10,12,17H,4-5,9,11H2,1-3H3. The van der Waals surface area contributed by atoms with Crippen molar-refractivity contribution in [3.63, 3.8) is 0 Å². The summed E-state index contributed by atoms with van der Waals surface area (Å²) >= 11 is 1.73. The first-order chi connectivity index (χ1) is 10.2. The molecule has 0 bridgehead atoms. The zero-order chi connectivity index (χ0) is 15.1. The SMILES string of the molecule is CCCNC(C)c1cccc(SCc2nc(CC)no2)c1. The van der Waals surface area contributed by atoms with Gasteiger partial charge in [0.05, 0.1) is 5.75 Å². The van der Waals surface area contributed by atoms with E-state index in [9.17, 15) is 0 Å². The predicted molar refractivity (Wildman–Crippen MR) is 86.4 cm³/mol. The number of rotatable bonds is 8. The van der Waals surface area contributed by atoms with Crippen LogP contribution in [-0.4, -0.2) is 16.7 Å². The van der Waals surface area contributed by atoms with E-state index < -0.39 is 0 Å². The van der Waals surface area contributed by atoms with Gasteiger partial charge in [0.15, 0.2) is 5.82 Å². The summed E-state index contributed by atoms with van der Waals surface area (Å²) in [5, 5.41) is 7.43. The van der Waals surface area contributed by atoms with Crippen molar-refractivity contribution in [1.82, 2.24) is 15.5 Å². The Balaban J connectivity index is 1.94. The Kier molecular flexibility index (Phi) is 6.26. The molecule has 0 radical (unpaired) electrons. The summed E-state index contributed by atoms with van der Waals surface area (Å²) in [6.45, 7) is 7.45. The minimum Gasteiger partial charge on any atom is -0.338 e. The molecule has 0 fully saturated rings. The fourth-order valence-corrected chi connectivity index (χ4v) is 2.79. The van der Waals surface area contributed by atoms with Gasteiger partial charge in [-0.25, -0.2) is 0 Å². The Morgan fingerprint density at radius 1 is 1.33 bits per heavy atom. The van der Waals surface area contributed by atoms with Crippen LogP contribution in [-0.2, 0) is 12.2 Å². The Bertz CT molecular complexity index is 556. The lowest BCUT2D eigenvalue weighted by Crippen LogP contribution is -2.19. The molecule has 0 spiro atoms. The Hall–Kier alpha value is -1.33. The van der Waals surface area contributed by atoms with Crippen molar-refractivity contribution in [3.05, 3.63) is 41.5 Å². The number of nitrogens with one attached hydrogen (secondary N) is 1. The van der Waals surface area contributed by atoms with Crippen LogP contribution < -0.4 is 5.32 Å². The van der Waals surface area contributed by atoms with Gasteiger partial charge in [-0.1, -0.05) is 31.1 Å². The molecule has 0 aliphatic rings. The van der Waals surface area contributed by atoms with E-state index in [1.165, 1.54) is 10.5 Å². The summed E-state index contributed by atoms with van der Waals surface area (Å²) in [5.74, 6) is 2.18. The maximum atomic E-state index is 5.21. The van der Waals surface area contributed by atoms with Gasteiger partial charge in [-0.3, -0.25) is 0 Å². The molecule has 4 nitrogen and oxygen atoms in total. The number of hydrogen-bond acceptors (Lipinski definition) is 5. The second-order valence-corrected chi connectivity index (χ2v) is 6.04. The highest BCUT2D eigenvalue weighted by atomic mass is 32.2. The van der Waals surface area contributed by atoms with Crippen molar-refractivity contribution in [2.24, 2.45) is 0 Å². The van der Waals surface area contributed by atoms with Crippen molar-refractivity contribution in [2.75, 3.05) is 6.54 Å². The number of hydrogen-bond donors (Lipinski definition) is 1. The van der Waals surface area contributed by atoms with E-state index in [4.69, 9.17) is 4.52 Å². The smallest absolute Gasteiger partial charge is 0.237 e. The van der Waals surface area contributed by atoms with E-state index >= 15 is 0 Å². The maximum absolute atomic E-state index is 5.21. The Morgan fingerprint density at radius 2 is 2.19 bits per heavy atom. The summed E-state index contributed by atoms with van der Waals surface area (Å²) in [5.41, 5.74) is 1.31. The number of nitrogens with zero attached hydrogens (tertiary/aromatic N) is 2.